The van der Waals surface area contributed by atoms with E-state index < -0.39 is 17.7 Å². The van der Waals surface area contributed by atoms with Crippen molar-refractivity contribution in [3.8, 4) is 11.5 Å². The number of halogens is 2. The molecule has 0 radical (unpaired) electrons. The number of nitrogens with zero attached hydrogens (tertiary/aromatic N) is 1. The van der Waals surface area contributed by atoms with E-state index in [1.54, 1.807) is 36.4 Å². The first-order valence-electron chi connectivity index (χ1n) is 8.71. The summed E-state index contributed by atoms with van der Waals surface area (Å²) in [6.07, 6.45) is 1.39. The molecule has 3 aromatic rings. The monoisotopic (exact) mass is 426 g/mol. The Kier molecular flexibility index (Phi) is 6.77. The van der Waals surface area contributed by atoms with Gasteiger partial charge in [0.05, 0.1) is 23.9 Å². The second-order valence-electron chi connectivity index (χ2n) is 5.99. The van der Waals surface area contributed by atoms with Gasteiger partial charge >= 0.3 is 5.97 Å². The molecule has 0 saturated carbocycles. The fourth-order valence-electron chi connectivity index (χ4n) is 2.46. The highest BCUT2D eigenvalue weighted by Gasteiger charge is 2.15. The van der Waals surface area contributed by atoms with Crippen molar-refractivity contribution in [2.45, 2.75) is 0 Å². The minimum absolute atomic E-state index is 0.204. The number of rotatable bonds is 6. The van der Waals surface area contributed by atoms with Crippen LogP contribution in [0.2, 0.25) is 5.02 Å². The third-order valence-corrected chi connectivity index (χ3v) is 4.30. The van der Waals surface area contributed by atoms with E-state index in [4.69, 9.17) is 21.1 Å². The number of hydrazone groups is 1. The van der Waals surface area contributed by atoms with Crippen LogP contribution < -0.4 is 14.9 Å². The van der Waals surface area contributed by atoms with Gasteiger partial charge in [0.15, 0.2) is 11.5 Å². The molecule has 0 heterocycles. The lowest BCUT2D eigenvalue weighted by Gasteiger charge is -2.10. The van der Waals surface area contributed by atoms with Crippen molar-refractivity contribution in [3.63, 3.8) is 0 Å². The molecule has 3 rings (SSSR count). The van der Waals surface area contributed by atoms with Crippen LogP contribution in [0.25, 0.3) is 0 Å². The first-order chi connectivity index (χ1) is 14.5. The Morgan fingerprint density at radius 1 is 1.03 bits per heavy atom. The van der Waals surface area contributed by atoms with Crippen molar-refractivity contribution in [1.29, 1.82) is 0 Å². The Balaban J connectivity index is 1.68. The molecule has 0 aliphatic carbocycles. The predicted octanol–water partition coefficient (Wildman–Crippen LogP) is 4.47. The normalized spacial score (nSPS) is 10.6. The summed E-state index contributed by atoms with van der Waals surface area (Å²) in [6.45, 7) is 0. The van der Waals surface area contributed by atoms with Gasteiger partial charge < -0.3 is 9.47 Å². The standard InChI is InChI=1S/C22H16ClFN2O4/c1-29-20-12-14(13-25-26-21(27)15-7-9-16(24)10-8-15)6-11-19(20)30-22(28)17-4-2-3-5-18(17)23/h2-13H,1H3,(H,26,27)/b25-13+. The van der Waals surface area contributed by atoms with E-state index in [0.29, 0.717) is 11.3 Å². The molecule has 0 fully saturated rings. The van der Waals surface area contributed by atoms with Crippen LogP contribution in [-0.2, 0) is 0 Å². The lowest BCUT2D eigenvalue weighted by atomic mass is 10.2. The number of ether oxygens (including phenoxy) is 2. The zero-order valence-electron chi connectivity index (χ0n) is 15.8. The maximum Gasteiger partial charge on any atom is 0.345 e. The summed E-state index contributed by atoms with van der Waals surface area (Å²) in [5.41, 5.74) is 3.44. The fourth-order valence-corrected chi connectivity index (χ4v) is 2.67. The Labute approximate surface area is 176 Å². The van der Waals surface area contributed by atoms with Crippen molar-refractivity contribution in [2.75, 3.05) is 7.11 Å². The van der Waals surface area contributed by atoms with Gasteiger partial charge in [0.1, 0.15) is 5.82 Å². The van der Waals surface area contributed by atoms with E-state index in [1.807, 2.05) is 0 Å². The van der Waals surface area contributed by atoms with Gasteiger partial charge in [-0.2, -0.15) is 5.10 Å². The van der Waals surface area contributed by atoms with E-state index in [2.05, 4.69) is 10.5 Å². The molecule has 0 unspecified atom stereocenters. The lowest BCUT2D eigenvalue weighted by Crippen LogP contribution is -2.17. The highest BCUT2D eigenvalue weighted by atomic mass is 35.5. The summed E-state index contributed by atoms with van der Waals surface area (Å²) in [7, 11) is 1.43. The molecule has 3 aromatic carbocycles. The fraction of sp³-hybridized carbons (Fsp3) is 0.0455. The molecule has 0 aliphatic heterocycles. The summed E-state index contributed by atoms with van der Waals surface area (Å²) >= 11 is 6.02. The van der Waals surface area contributed by atoms with Crippen LogP contribution in [0.3, 0.4) is 0 Å². The first-order valence-corrected chi connectivity index (χ1v) is 9.09. The summed E-state index contributed by atoms with van der Waals surface area (Å²) < 4.78 is 23.6. The lowest BCUT2D eigenvalue weighted by molar-refractivity contribution is 0.0729. The molecule has 0 atom stereocenters. The largest absolute Gasteiger partial charge is 0.493 e. The van der Waals surface area contributed by atoms with Crippen LogP contribution in [0.5, 0.6) is 11.5 Å². The molecule has 152 valence electrons. The van der Waals surface area contributed by atoms with Crippen LogP contribution in [0.1, 0.15) is 26.3 Å². The Morgan fingerprint density at radius 2 is 1.77 bits per heavy atom. The first kappa shape index (κ1) is 21.0. The number of benzene rings is 3. The topological polar surface area (TPSA) is 77.0 Å². The minimum atomic E-state index is -0.619. The van der Waals surface area contributed by atoms with E-state index >= 15 is 0 Å². The van der Waals surface area contributed by atoms with Crippen LogP contribution in [-0.4, -0.2) is 25.2 Å². The summed E-state index contributed by atoms with van der Waals surface area (Å²) in [6, 6.07) is 16.4. The second kappa shape index (κ2) is 9.67. The number of methoxy groups -OCH3 is 1. The quantitative estimate of drug-likeness (QED) is 0.273. The van der Waals surface area contributed by atoms with Crippen LogP contribution in [0.4, 0.5) is 4.39 Å². The van der Waals surface area contributed by atoms with Crippen LogP contribution in [0.15, 0.2) is 71.8 Å². The number of amides is 1. The zero-order chi connectivity index (χ0) is 21.5. The number of hydrogen-bond acceptors (Lipinski definition) is 5. The van der Waals surface area contributed by atoms with Gasteiger partial charge in [0, 0.05) is 5.56 Å². The number of carbonyl (C=O) groups excluding carboxylic acids is 2. The van der Waals surface area contributed by atoms with Gasteiger partial charge in [-0.05, 0) is 60.2 Å². The van der Waals surface area contributed by atoms with Crippen molar-refractivity contribution in [3.05, 3.63) is 94.3 Å². The molecule has 0 bridgehead atoms. The maximum absolute atomic E-state index is 12.9. The van der Waals surface area contributed by atoms with Crippen molar-refractivity contribution in [2.24, 2.45) is 5.10 Å². The highest BCUT2D eigenvalue weighted by molar-refractivity contribution is 6.33. The van der Waals surface area contributed by atoms with Crippen LogP contribution >= 0.6 is 11.6 Å². The smallest absolute Gasteiger partial charge is 0.345 e. The molecule has 0 aromatic heterocycles. The molecule has 30 heavy (non-hydrogen) atoms. The Hall–Kier alpha value is -3.71. The number of nitrogens with one attached hydrogen (secondary N) is 1. The molecule has 8 heteroatoms. The summed E-state index contributed by atoms with van der Waals surface area (Å²) in [5.74, 6) is -1.04. The Bertz CT molecular complexity index is 1100. The third kappa shape index (κ3) is 5.21. The maximum atomic E-state index is 12.9. The summed E-state index contributed by atoms with van der Waals surface area (Å²) in [4.78, 5) is 24.3. The third-order valence-electron chi connectivity index (χ3n) is 3.97. The molecule has 0 spiro atoms. The second-order valence-corrected chi connectivity index (χ2v) is 6.39. The number of carbonyl (C=O) groups is 2. The molecular weight excluding hydrogens is 411 g/mol. The molecule has 1 amide bonds. The van der Waals surface area contributed by atoms with Gasteiger partial charge in [-0.1, -0.05) is 23.7 Å². The molecule has 0 saturated heterocycles. The number of esters is 1. The van der Waals surface area contributed by atoms with Crippen molar-refractivity contribution >= 4 is 29.7 Å². The average molecular weight is 427 g/mol. The predicted molar refractivity (Wildman–Crippen MR) is 111 cm³/mol. The summed E-state index contributed by atoms with van der Waals surface area (Å²) in [5, 5.41) is 4.15. The van der Waals surface area contributed by atoms with E-state index in [-0.39, 0.29) is 21.9 Å². The van der Waals surface area contributed by atoms with Gasteiger partial charge in [0.2, 0.25) is 0 Å². The average Bonchev–Trinajstić information content (AvgIpc) is 2.75. The minimum Gasteiger partial charge on any atom is -0.493 e. The number of hydrogen-bond donors (Lipinski definition) is 1. The van der Waals surface area contributed by atoms with Gasteiger partial charge in [-0.15, -0.1) is 0 Å². The van der Waals surface area contributed by atoms with Crippen molar-refractivity contribution in [1.82, 2.24) is 5.43 Å². The van der Waals surface area contributed by atoms with E-state index in [0.717, 1.165) is 0 Å². The van der Waals surface area contributed by atoms with Crippen LogP contribution in [0, 0.1) is 5.82 Å². The van der Waals surface area contributed by atoms with E-state index in [9.17, 15) is 14.0 Å². The SMILES string of the molecule is COc1cc(/C=N/NC(=O)c2ccc(F)cc2)ccc1OC(=O)c1ccccc1Cl. The van der Waals surface area contributed by atoms with E-state index in [1.165, 1.54) is 43.7 Å². The molecular formula is C22H16ClFN2O4. The molecule has 6 nitrogen and oxygen atoms in total. The van der Waals surface area contributed by atoms with Gasteiger partial charge in [0.25, 0.3) is 5.91 Å². The van der Waals surface area contributed by atoms with Crippen molar-refractivity contribution < 1.29 is 23.5 Å². The zero-order valence-corrected chi connectivity index (χ0v) is 16.5. The molecule has 1 N–H and O–H groups in total. The van der Waals surface area contributed by atoms with Gasteiger partial charge in [-0.25, -0.2) is 14.6 Å². The highest BCUT2D eigenvalue weighted by Crippen LogP contribution is 2.29. The molecule has 0 aliphatic rings. The van der Waals surface area contributed by atoms with Gasteiger partial charge in [-0.3, -0.25) is 4.79 Å². The Morgan fingerprint density at radius 3 is 2.47 bits per heavy atom.